The molecule has 1 aromatic heterocycles. The molecule has 1 aromatic carbocycles. The van der Waals surface area contributed by atoms with Gasteiger partial charge in [-0.3, -0.25) is 14.9 Å². The summed E-state index contributed by atoms with van der Waals surface area (Å²) >= 11 is 0. The third-order valence-corrected chi connectivity index (χ3v) is 2.47. The van der Waals surface area contributed by atoms with Crippen LogP contribution in [0.25, 0.3) is 10.9 Å². The highest BCUT2D eigenvalue weighted by atomic mass is 16.6. The van der Waals surface area contributed by atoms with E-state index < -0.39 is 27.7 Å². The van der Waals surface area contributed by atoms with Crippen LogP contribution >= 0.6 is 0 Å². The van der Waals surface area contributed by atoms with Gasteiger partial charge in [0.05, 0.1) is 21.9 Å². The zero-order valence-corrected chi connectivity index (χ0v) is 9.21. The highest BCUT2D eigenvalue weighted by Gasteiger charge is 2.18. The van der Waals surface area contributed by atoms with Crippen molar-refractivity contribution in [2.45, 2.75) is 0 Å². The van der Waals surface area contributed by atoms with Crippen molar-refractivity contribution in [1.29, 1.82) is 5.26 Å². The summed E-state index contributed by atoms with van der Waals surface area (Å²) in [4.78, 5) is 35.0. The number of hydrogen-bond acceptors (Lipinski definition) is 5. The number of nitriles is 1. The fourth-order valence-electron chi connectivity index (χ4n) is 1.66. The zero-order chi connectivity index (χ0) is 14.2. The minimum Gasteiger partial charge on any atom is -0.477 e. The monoisotopic (exact) mass is 259 g/mol. The quantitative estimate of drug-likeness (QED) is 0.609. The first-order valence-corrected chi connectivity index (χ1v) is 4.93. The lowest BCUT2D eigenvalue weighted by Gasteiger charge is -2.02. The molecular formula is C11H5N3O5. The van der Waals surface area contributed by atoms with Crippen LogP contribution in [0.4, 0.5) is 5.69 Å². The fourth-order valence-corrected chi connectivity index (χ4v) is 1.66. The van der Waals surface area contributed by atoms with Crippen LogP contribution in [0, 0.1) is 21.4 Å². The van der Waals surface area contributed by atoms with Gasteiger partial charge in [0.25, 0.3) is 5.69 Å². The number of aromatic amines is 1. The maximum atomic E-state index is 11.7. The van der Waals surface area contributed by atoms with Crippen molar-refractivity contribution in [2.24, 2.45) is 0 Å². The Hall–Kier alpha value is -3.21. The van der Waals surface area contributed by atoms with E-state index >= 15 is 0 Å². The molecule has 0 aliphatic rings. The number of benzene rings is 1. The second-order valence-electron chi connectivity index (χ2n) is 3.64. The number of hydrogen-bond donors (Lipinski definition) is 2. The first-order chi connectivity index (χ1) is 8.93. The van der Waals surface area contributed by atoms with Crippen LogP contribution in [-0.2, 0) is 0 Å². The number of carboxylic acid groups (broad SMARTS) is 1. The van der Waals surface area contributed by atoms with Gasteiger partial charge >= 0.3 is 5.97 Å². The first-order valence-electron chi connectivity index (χ1n) is 4.93. The van der Waals surface area contributed by atoms with Crippen LogP contribution in [0.5, 0.6) is 0 Å². The summed E-state index contributed by atoms with van der Waals surface area (Å²) in [5.41, 5.74) is -1.94. The highest BCUT2D eigenvalue weighted by Crippen LogP contribution is 2.23. The number of aromatic nitrogens is 1. The fraction of sp³-hybridized carbons (Fsp3) is 0. The molecule has 8 nitrogen and oxygen atoms in total. The predicted molar refractivity (Wildman–Crippen MR) is 62.9 cm³/mol. The molecule has 0 radical (unpaired) electrons. The molecule has 94 valence electrons. The summed E-state index contributed by atoms with van der Waals surface area (Å²) in [5, 5.41) is 28.4. The minimum atomic E-state index is -1.40. The molecule has 0 atom stereocenters. The Morgan fingerprint density at radius 2 is 2.11 bits per heavy atom. The number of carboxylic acids is 1. The summed E-state index contributed by atoms with van der Waals surface area (Å²) in [5.74, 6) is -1.40. The van der Waals surface area contributed by atoms with E-state index in [9.17, 15) is 19.7 Å². The number of aromatic carboxylic acids is 1. The number of nitrogens with one attached hydrogen (secondary N) is 1. The second kappa shape index (κ2) is 4.23. The number of nitro groups is 1. The molecule has 19 heavy (non-hydrogen) atoms. The zero-order valence-electron chi connectivity index (χ0n) is 9.21. The van der Waals surface area contributed by atoms with Crippen molar-refractivity contribution in [3.8, 4) is 6.07 Å². The van der Waals surface area contributed by atoms with Crippen molar-refractivity contribution >= 4 is 22.6 Å². The number of rotatable bonds is 2. The number of pyridine rings is 1. The summed E-state index contributed by atoms with van der Waals surface area (Å²) in [6, 6.07) is 4.67. The lowest BCUT2D eigenvalue weighted by Crippen LogP contribution is -2.10. The number of H-pyrrole nitrogens is 1. The number of carbonyl (C=O) groups is 1. The minimum absolute atomic E-state index is 0.0484. The van der Waals surface area contributed by atoms with E-state index in [0.717, 1.165) is 12.1 Å². The van der Waals surface area contributed by atoms with Gasteiger partial charge in [0.15, 0.2) is 5.43 Å². The molecule has 0 bridgehead atoms. The normalized spacial score (nSPS) is 10.1. The maximum absolute atomic E-state index is 11.7. The third-order valence-electron chi connectivity index (χ3n) is 2.47. The van der Waals surface area contributed by atoms with Crippen LogP contribution in [0.15, 0.2) is 23.0 Å². The summed E-state index contributed by atoms with van der Waals surface area (Å²) in [7, 11) is 0. The lowest BCUT2D eigenvalue weighted by atomic mass is 10.1. The van der Waals surface area contributed by atoms with E-state index in [1.165, 1.54) is 6.07 Å². The summed E-state index contributed by atoms with van der Waals surface area (Å²) < 4.78 is 0. The van der Waals surface area contributed by atoms with Crippen LogP contribution in [-0.4, -0.2) is 21.0 Å². The van der Waals surface area contributed by atoms with Gasteiger partial charge in [-0.1, -0.05) is 0 Å². The Balaban J connectivity index is 2.99. The molecule has 2 aromatic rings. The standard InChI is InChI=1S/C11H5N3O5/c12-4-5-1-6-9(15)3-7(11(16)17)13-10(6)8(2-5)14(18)19/h1-3H,(H,13,15)(H,16,17). The van der Waals surface area contributed by atoms with E-state index in [-0.39, 0.29) is 16.5 Å². The van der Waals surface area contributed by atoms with Crippen LogP contribution in [0.2, 0.25) is 0 Å². The Morgan fingerprint density at radius 1 is 1.42 bits per heavy atom. The third kappa shape index (κ3) is 2.00. The number of non-ortho nitro benzene ring substituents is 1. The molecule has 0 saturated heterocycles. The molecule has 0 aliphatic carbocycles. The molecule has 0 saturated carbocycles. The molecule has 2 rings (SSSR count). The van der Waals surface area contributed by atoms with Crippen LogP contribution < -0.4 is 5.43 Å². The van der Waals surface area contributed by atoms with Gasteiger partial charge < -0.3 is 10.1 Å². The average molecular weight is 259 g/mol. The lowest BCUT2D eigenvalue weighted by molar-refractivity contribution is -0.383. The molecule has 8 heteroatoms. The van der Waals surface area contributed by atoms with Crippen molar-refractivity contribution < 1.29 is 14.8 Å². The topological polar surface area (TPSA) is 137 Å². The van der Waals surface area contributed by atoms with Crippen molar-refractivity contribution in [3.05, 3.63) is 49.8 Å². The van der Waals surface area contributed by atoms with Crippen molar-refractivity contribution in [3.63, 3.8) is 0 Å². The number of nitrogens with zero attached hydrogens (tertiary/aromatic N) is 2. The molecular weight excluding hydrogens is 254 g/mol. The van der Waals surface area contributed by atoms with Gasteiger partial charge in [0.2, 0.25) is 0 Å². The van der Waals surface area contributed by atoms with Gasteiger partial charge in [-0.25, -0.2) is 4.79 Å². The van der Waals surface area contributed by atoms with Crippen molar-refractivity contribution in [1.82, 2.24) is 4.98 Å². The van der Waals surface area contributed by atoms with Gasteiger partial charge in [-0.05, 0) is 6.07 Å². The smallest absolute Gasteiger partial charge is 0.352 e. The van der Waals surface area contributed by atoms with Gasteiger partial charge in [0.1, 0.15) is 11.2 Å². The van der Waals surface area contributed by atoms with E-state index in [1.807, 2.05) is 0 Å². The predicted octanol–water partition coefficient (Wildman–Crippen LogP) is 1.01. The van der Waals surface area contributed by atoms with E-state index in [1.54, 1.807) is 6.07 Å². The molecule has 0 fully saturated rings. The van der Waals surface area contributed by atoms with Crippen LogP contribution in [0.1, 0.15) is 16.1 Å². The second-order valence-corrected chi connectivity index (χ2v) is 3.64. The Morgan fingerprint density at radius 3 is 2.63 bits per heavy atom. The van der Waals surface area contributed by atoms with E-state index in [4.69, 9.17) is 10.4 Å². The average Bonchev–Trinajstić information content (AvgIpc) is 2.37. The van der Waals surface area contributed by atoms with Gasteiger partial charge in [-0.15, -0.1) is 0 Å². The summed E-state index contributed by atoms with van der Waals surface area (Å²) in [6.07, 6.45) is 0. The highest BCUT2D eigenvalue weighted by molar-refractivity contribution is 5.93. The molecule has 0 spiro atoms. The van der Waals surface area contributed by atoms with E-state index in [2.05, 4.69) is 4.98 Å². The largest absolute Gasteiger partial charge is 0.477 e. The van der Waals surface area contributed by atoms with Gasteiger partial charge in [-0.2, -0.15) is 5.26 Å². The maximum Gasteiger partial charge on any atom is 0.352 e. The molecule has 1 heterocycles. The molecule has 2 N–H and O–H groups in total. The molecule has 0 amide bonds. The van der Waals surface area contributed by atoms with Crippen molar-refractivity contribution in [2.75, 3.05) is 0 Å². The Kier molecular flexibility index (Phi) is 2.73. The number of nitro benzene ring substituents is 1. The Labute approximate surface area is 104 Å². The van der Waals surface area contributed by atoms with Crippen LogP contribution in [0.3, 0.4) is 0 Å². The Bertz CT molecular complexity index is 815. The van der Waals surface area contributed by atoms with Gasteiger partial charge in [0, 0.05) is 12.1 Å². The van der Waals surface area contributed by atoms with E-state index in [0.29, 0.717) is 0 Å². The SMILES string of the molecule is N#Cc1cc([N+](=O)[O-])c2[nH]c(C(=O)O)cc(=O)c2c1. The molecule has 0 unspecified atom stereocenters. The molecule has 0 aliphatic heterocycles. The summed E-state index contributed by atoms with van der Waals surface area (Å²) in [6.45, 7) is 0. The first kappa shape index (κ1) is 12.3. The number of fused-ring (bicyclic) bond motifs is 1.